The van der Waals surface area contributed by atoms with Crippen LogP contribution < -0.4 is 14.5 Å². The summed E-state index contributed by atoms with van der Waals surface area (Å²) in [6.45, 7) is 4.85. The first kappa shape index (κ1) is 28.9. The number of piperidine rings is 1. The van der Waals surface area contributed by atoms with Gasteiger partial charge >= 0.3 is 0 Å². The van der Waals surface area contributed by atoms with Gasteiger partial charge in [-0.15, -0.1) is 0 Å². The minimum atomic E-state index is -0.257. The molecule has 0 unspecified atom stereocenters. The summed E-state index contributed by atoms with van der Waals surface area (Å²) in [6.07, 6.45) is 9.75. The first-order valence-electron chi connectivity index (χ1n) is 15.5. The maximum absolute atomic E-state index is 14.0. The summed E-state index contributed by atoms with van der Waals surface area (Å²) < 4.78 is 11.0. The van der Waals surface area contributed by atoms with Crippen molar-refractivity contribution in [2.75, 3.05) is 43.7 Å². The van der Waals surface area contributed by atoms with E-state index in [9.17, 15) is 9.90 Å². The second kappa shape index (κ2) is 13.4. The first-order chi connectivity index (χ1) is 19.4. The number of amides is 1. The quantitative estimate of drug-likeness (QED) is 0.409. The zero-order valence-electron chi connectivity index (χ0n) is 24.7. The van der Waals surface area contributed by atoms with Gasteiger partial charge < -0.3 is 24.4 Å². The number of anilines is 2. The van der Waals surface area contributed by atoms with Crippen LogP contribution in [-0.4, -0.2) is 57.1 Å². The van der Waals surface area contributed by atoms with Gasteiger partial charge in [-0.1, -0.05) is 18.2 Å². The predicted molar refractivity (Wildman–Crippen MR) is 161 cm³/mol. The predicted octanol–water partition coefficient (Wildman–Crippen LogP) is 6.48. The smallest absolute Gasteiger partial charge is 0.230 e. The van der Waals surface area contributed by atoms with E-state index in [2.05, 4.69) is 59.2 Å². The van der Waals surface area contributed by atoms with E-state index in [-0.39, 0.29) is 17.9 Å². The second-order valence-corrected chi connectivity index (χ2v) is 12.3. The molecule has 0 radical (unpaired) electrons. The van der Waals surface area contributed by atoms with Gasteiger partial charge in [0.1, 0.15) is 5.75 Å². The van der Waals surface area contributed by atoms with Crippen LogP contribution in [0.2, 0.25) is 0 Å². The zero-order valence-corrected chi connectivity index (χ0v) is 24.7. The molecule has 40 heavy (non-hydrogen) atoms. The van der Waals surface area contributed by atoms with Crippen LogP contribution in [0.1, 0.15) is 81.3 Å². The van der Waals surface area contributed by atoms with Crippen LogP contribution in [0, 0.1) is 18.8 Å². The Balaban J connectivity index is 1.29. The molecule has 0 spiro atoms. The molecule has 2 aliphatic carbocycles. The number of hydrogen-bond acceptors (Lipinski definition) is 5. The number of aryl methyl sites for hydroxylation is 1. The van der Waals surface area contributed by atoms with Crippen molar-refractivity contribution in [2.45, 2.75) is 89.3 Å². The van der Waals surface area contributed by atoms with Gasteiger partial charge in [-0.3, -0.25) is 4.79 Å². The van der Waals surface area contributed by atoms with E-state index < -0.39 is 0 Å². The Morgan fingerprint density at radius 3 is 2.30 bits per heavy atom. The van der Waals surface area contributed by atoms with Crippen molar-refractivity contribution in [3.05, 3.63) is 53.6 Å². The Morgan fingerprint density at radius 2 is 1.65 bits per heavy atom. The molecular formula is C34H48N2O4. The Hall–Kier alpha value is -2.57. The van der Waals surface area contributed by atoms with Crippen LogP contribution in [-0.2, 0) is 9.53 Å². The van der Waals surface area contributed by atoms with Gasteiger partial charge in [0.2, 0.25) is 5.91 Å². The number of aliphatic hydroxyl groups is 1. The number of carbonyl (C=O) groups excluding carboxylic acids is 1. The summed E-state index contributed by atoms with van der Waals surface area (Å²) in [6, 6.07) is 15.3. The Kier molecular flexibility index (Phi) is 9.69. The fourth-order valence-corrected chi connectivity index (χ4v) is 7.17. The van der Waals surface area contributed by atoms with Crippen molar-refractivity contribution in [2.24, 2.45) is 11.8 Å². The van der Waals surface area contributed by atoms with Crippen LogP contribution in [0.4, 0.5) is 11.4 Å². The van der Waals surface area contributed by atoms with E-state index in [1.807, 2.05) is 0 Å². The number of ether oxygens (including phenoxy) is 2. The second-order valence-electron chi connectivity index (χ2n) is 12.3. The monoisotopic (exact) mass is 548 g/mol. The van der Waals surface area contributed by atoms with Gasteiger partial charge in [-0.05, 0) is 118 Å². The van der Waals surface area contributed by atoms with Crippen LogP contribution in [0.5, 0.6) is 5.75 Å². The molecule has 3 aliphatic rings. The summed E-state index contributed by atoms with van der Waals surface area (Å²) >= 11 is 0. The molecule has 6 nitrogen and oxygen atoms in total. The maximum atomic E-state index is 14.0. The number of hydrogen-bond donors (Lipinski definition) is 1. The lowest BCUT2D eigenvalue weighted by Gasteiger charge is -2.37. The molecule has 2 aromatic rings. The molecule has 218 valence electrons. The molecule has 5 rings (SSSR count). The van der Waals surface area contributed by atoms with Gasteiger partial charge in [0.15, 0.2) is 0 Å². The number of aliphatic hydroxyl groups excluding tert-OH is 1. The molecule has 0 aromatic heterocycles. The van der Waals surface area contributed by atoms with Crippen molar-refractivity contribution in [1.29, 1.82) is 0 Å². The average Bonchev–Trinajstić information content (AvgIpc) is 3.00. The normalized spacial score (nSPS) is 25.9. The number of methoxy groups -OCH3 is 2. The molecule has 0 atom stereocenters. The van der Waals surface area contributed by atoms with Crippen molar-refractivity contribution in [3.8, 4) is 5.75 Å². The summed E-state index contributed by atoms with van der Waals surface area (Å²) in [5.41, 5.74) is 4.83. The molecule has 3 fully saturated rings. The highest BCUT2D eigenvalue weighted by Gasteiger charge is 2.32. The van der Waals surface area contributed by atoms with E-state index in [0.717, 1.165) is 95.3 Å². The minimum Gasteiger partial charge on any atom is -0.496 e. The highest BCUT2D eigenvalue weighted by atomic mass is 16.5. The third-order valence-corrected chi connectivity index (χ3v) is 9.77. The average molecular weight is 549 g/mol. The molecule has 1 saturated heterocycles. The highest BCUT2D eigenvalue weighted by Crippen LogP contribution is 2.39. The molecule has 0 bridgehead atoms. The van der Waals surface area contributed by atoms with Crippen LogP contribution in [0.3, 0.4) is 0 Å². The van der Waals surface area contributed by atoms with Crippen molar-refractivity contribution >= 4 is 17.3 Å². The number of benzene rings is 2. The van der Waals surface area contributed by atoms with Crippen LogP contribution in [0.15, 0.2) is 42.5 Å². The van der Waals surface area contributed by atoms with E-state index in [4.69, 9.17) is 9.47 Å². The summed E-state index contributed by atoms with van der Waals surface area (Å²) in [5, 5.41) is 10.1. The highest BCUT2D eigenvalue weighted by molar-refractivity contribution is 5.95. The Morgan fingerprint density at radius 1 is 0.925 bits per heavy atom. The van der Waals surface area contributed by atoms with E-state index in [1.165, 1.54) is 16.8 Å². The maximum Gasteiger partial charge on any atom is 0.230 e. The summed E-state index contributed by atoms with van der Waals surface area (Å²) in [4.78, 5) is 18.6. The summed E-state index contributed by atoms with van der Waals surface area (Å²) in [5.74, 6) is 2.27. The first-order valence-corrected chi connectivity index (χ1v) is 15.5. The van der Waals surface area contributed by atoms with E-state index in [0.29, 0.717) is 17.9 Å². The summed E-state index contributed by atoms with van der Waals surface area (Å²) in [7, 11) is 3.54. The topological polar surface area (TPSA) is 62.2 Å². The molecule has 6 heteroatoms. The SMILES string of the molecule is COc1ccc(C2CCC(CN(C(=O)C3CCC(O)CC3)c3cccc(N4CCC(OC)CC4)c3)CC2)cc1C. The number of nitrogens with zero attached hydrogens (tertiary/aromatic N) is 2. The number of rotatable bonds is 8. The Bertz CT molecular complexity index is 1110. The van der Waals surface area contributed by atoms with E-state index >= 15 is 0 Å². The third kappa shape index (κ3) is 6.83. The van der Waals surface area contributed by atoms with Crippen molar-refractivity contribution in [3.63, 3.8) is 0 Å². The lowest BCUT2D eigenvalue weighted by atomic mass is 9.78. The molecule has 1 aliphatic heterocycles. The van der Waals surface area contributed by atoms with Gasteiger partial charge in [-0.25, -0.2) is 0 Å². The lowest BCUT2D eigenvalue weighted by Crippen LogP contribution is -2.42. The molecule has 1 amide bonds. The lowest BCUT2D eigenvalue weighted by molar-refractivity contribution is -0.124. The molecule has 1 heterocycles. The van der Waals surface area contributed by atoms with Crippen LogP contribution >= 0.6 is 0 Å². The largest absolute Gasteiger partial charge is 0.496 e. The van der Waals surface area contributed by atoms with Gasteiger partial charge in [0.25, 0.3) is 0 Å². The fourth-order valence-electron chi connectivity index (χ4n) is 7.17. The Labute approximate surface area is 240 Å². The van der Waals surface area contributed by atoms with Gasteiger partial charge in [0, 0.05) is 44.0 Å². The molecule has 2 saturated carbocycles. The molecular weight excluding hydrogens is 500 g/mol. The fraction of sp³-hybridized carbons (Fsp3) is 0.618. The third-order valence-electron chi connectivity index (χ3n) is 9.77. The molecule has 2 aromatic carbocycles. The van der Waals surface area contributed by atoms with E-state index in [1.54, 1.807) is 14.2 Å². The number of carbonyl (C=O) groups is 1. The standard InChI is InChI=1S/C34H48N2O4/c1-24-21-28(13-16-33(24)40-3)26-9-7-25(8-10-26)23-36(34(38)27-11-14-31(37)15-12-27)30-6-4-5-29(22-30)35-19-17-32(39-2)18-20-35/h4-6,13,16,21-22,25-27,31-32,37H,7-12,14-15,17-20,23H2,1-3H3. The van der Waals surface area contributed by atoms with Crippen LogP contribution in [0.25, 0.3) is 0 Å². The van der Waals surface area contributed by atoms with Crippen molar-refractivity contribution in [1.82, 2.24) is 0 Å². The van der Waals surface area contributed by atoms with Gasteiger partial charge in [0.05, 0.1) is 19.3 Å². The minimum absolute atomic E-state index is 0.00289. The van der Waals surface area contributed by atoms with Gasteiger partial charge in [-0.2, -0.15) is 0 Å². The molecule has 1 N–H and O–H groups in total. The zero-order chi connectivity index (χ0) is 28.1. The van der Waals surface area contributed by atoms with Crippen molar-refractivity contribution < 1.29 is 19.4 Å².